The van der Waals surface area contributed by atoms with Crippen molar-refractivity contribution in [3.05, 3.63) is 102 Å². The third kappa shape index (κ3) is 7.31. The van der Waals surface area contributed by atoms with Crippen LogP contribution in [0.4, 0.5) is 37.7 Å². The quantitative estimate of drug-likeness (QED) is 0.133. The summed E-state index contributed by atoms with van der Waals surface area (Å²) in [5, 5.41) is 0. The number of nitrogens with two attached hydrogens (primary N) is 2. The van der Waals surface area contributed by atoms with E-state index < -0.39 is 55.7 Å². The monoisotopic (exact) mass is 708 g/mol. The van der Waals surface area contributed by atoms with Gasteiger partial charge >= 0.3 is 12.4 Å². The van der Waals surface area contributed by atoms with Crippen LogP contribution in [0.1, 0.15) is 64.7 Å². The number of hydrogen-bond acceptors (Lipinski definition) is 6. The molecule has 0 saturated carbocycles. The van der Waals surface area contributed by atoms with E-state index in [1.165, 1.54) is 36.4 Å². The molecule has 0 fully saturated rings. The molecule has 0 spiro atoms. The molecule has 0 radical (unpaired) electrons. The van der Waals surface area contributed by atoms with Crippen LogP contribution in [0.5, 0.6) is 17.2 Å². The highest BCUT2D eigenvalue weighted by atomic mass is 32.2. The molecular formula is C36H38F6N2O4S. The molecule has 0 heterocycles. The smallest absolute Gasteiger partial charge is 0.411 e. The molecule has 4 N–H and O–H groups in total. The molecule has 0 saturated heterocycles. The van der Waals surface area contributed by atoms with E-state index >= 15 is 0 Å². The molecule has 49 heavy (non-hydrogen) atoms. The van der Waals surface area contributed by atoms with Gasteiger partial charge in [0.15, 0.2) is 0 Å². The van der Waals surface area contributed by atoms with Gasteiger partial charge in [-0.2, -0.15) is 26.3 Å². The van der Waals surface area contributed by atoms with Crippen LogP contribution in [-0.2, 0) is 20.7 Å². The van der Waals surface area contributed by atoms with Gasteiger partial charge in [-0.1, -0.05) is 45.0 Å². The second-order valence-electron chi connectivity index (χ2n) is 13.3. The number of anilines is 2. The van der Waals surface area contributed by atoms with Crippen LogP contribution >= 0.6 is 0 Å². The first-order valence-electron chi connectivity index (χ1n) is 15.2. The Balaban J connectivity index is 1.68. The second kappa shape index (κ2) is 12.8. The molecule has 0 aliphatic rings. The number of halogens is 6. The number of alkyl halides is 6. The van der Waals surface area contributed by atoms with Crippen molar-refractivity contribution in [1.29, 1.82) is 0 Å². The van der Waals surface area contributed by atoms with E-state index in [0.29, 0.717) is 24.3 Å². The lowest BCUT2D eigenvalue weighted by Gasteiger charge is -2.38. The molecule has 4 aromatic carbocycles. The Labute approximate surface area is 282 Å². The summed E-state index contributed by atoms with van der Waals surface area (Å²) in [6, 6.07) is 16.0. The van der Waals surface area contributed by atoms with Crippen molar-refractivity contribution in [2.45, 2.75) is 86.5 Å². The number of hydrogen-bond donors (Lipinski definition) is 2. The summed E-state index contributed by atoms with van der Waals surface area (Å²) in [5.41, 5.74) is 4.05. The van der Waals surface area contributed by atoms with E-state index in [1.807, 2.05) is 6.92 Å². The molecule has 0 aromatic heterocycles. The summed E-state index contributed by atoms with van der Waals surface area (Å²) in [6.07, 6.45) is -10.9. The highest BCUT2D eigenvalue weighted by Gasteiger charge is 2.72. The zero-order valence-electron chi connectivity index (χ0n) is 27.8. The van der Waals surface area contributed by atoms with E-state index in [0.717, 1.165) is 24.1 Å². The van der Waals surface area contributed by atoms with Crippen LogP contribution in [0, 0.1) is 0 Å². The van der Waals surface area contributed by atoms with Crippen molar-refractivity contribution >= 4 is 21.2 Å². The van der Waals surface area contributed by atoms with Gasteiger partial charge in [-0.05, 0) is 110 Å². The molecule has 0 bridgehead atoms. The fourth-order valence-electron chi connectivity index (χ4n) is 5.30. The minimum absolute atomic E-state index is 0.0403. The molecule has 0 amide bonds. The van der Waals surface area contributed by atoms with Crippen LogP contribution < -0.4 is 20.9 Å². The third-order valence-corrected chi connectivity index (χ3v) is 10.1. The van der Waals surface area contributed by atoms with Gasteiger partial charge in [-0.3, -0.25) is 0 Å². The zero-order chi connectivity index (χ0) is 36.8. The predicted molar refractivity (Wildman–Crippen MR) is 177 cm³/mol. The van der Waals surface area contributed by atoms with Crippen LogP contribution in [0.2, 0.25) is 0 Å². The van der Waals surface area contributed by atoms with Gasteiger partial charge in [-0.15, -0.1) is 0 Å². The van der Waals surface area contributed by atoms with Gasteiger partial charge in [-0.25, -0.2) is 8.42 Å². The maximum atomic E-state index is 14.8. The van der Waals surface area contributed by atoms with E-state index in [2.05, 4.69) is 13.8 Å². The van der Waals surface area contributed by atoms with Crippen LogP contribution in [0.15, 0.2) is 94.7 Å². The SMILES string of the molecule is CCC(C)(C)c1ccc(S(=O)(=O)c2ccc(Oc3ccc(C(c4ccc(OC(C)(C)C)c(N)c4)(C(F)(F)F)C(F)(F)F)cc3N)cc2)cc1. The summed E-state index contributed by atoms with van der Waals surface area (Å²) in [5.74, 6) is -0.288. The Morgan fingerprint density at radius 3 is 1.41 bits per heavy atom. The number of rotatable bonds is 9. The number of benzene rings is 4. The van der Waals surface area contributed by atoms with E-state index in [4.69, 9.17) is 20.9 Å². The first kappa shape index (κ1) is 37.4. The molecule has 0 atom stereocenters. The lowest BCUT2D eigenvalue weighted by atomic mass is 9.72. The van der Waals surface area contributed by atoms with Crippen molar-refractivity contribution in [1.82, 2.24) is 0 Å². The molecule has 0 aliphatic carbocycles. The van der Waals surface area contributed by atoms with E-state index in [-0.39, 0.29) is 32.5 Å². The van der Waals surface area contributed by atoms with Gasteiger partial charge in [0.1, 0.15) is 22.8 Å². The number of nitrogen functional groups attached to an aromatic ring is 2. The largest absolute Gasteiger partial charge is 0.486 e. The number of sulfone groups is 1. The lowest BCUT2D eigenvalue weighted by molar-refractivity contribution is -0.288. The molecule has 0 aliphatic heterocycles. The maximum Gasteiger partial charge on any atom is 0.411 e. The fourth-order valence-corrected chi connectivity index (χ4v) is 6.56. The summed E-state index contributed by atoms with van der Waals surface area (Å²) >= 11 is 0. The lowest BCUT2D eigenvalue weighted by Crippen LogP contribution is -2.54. The fraction of sp³-hybridized carbons (Fsp3) is 0.333. The predicted octanol–water partition coefficient (Wildman–Crippen LogP) is 9.75. The number of ether oxygens (including phenoxy) is 2. The van der Waals surface area contributed by atoms with Crippen LogP contribution in [0.25, 0.3) is 0 Å². The Bertz CT molecular complexity index is 1900. The molecule has 264 valence electrons. The summed E-state index contributed by atoms with van der Waals surface area (Å²) < 4.78 is 126. The Morgan fingerprint density at radius 2 is 1.02 bits per heavy atom. The Kier molecular flexibility index (Phi) is 9.79. The van der Waals surface area contributed by atoms with Gasteiger partial charge in [0.25, 0.3) is 0 Å². The van der Waals surface area contributed by atoms with Gasteiger partial charge in [0.05, 0.1) is 21.2 Å². The van der Waals surface area contributed by atoms with Crippen LogP contribution in [0.3, 0.4) is 0 Å². The summed E-state index contributed by atoms with van der Waals surface area (Å²) in [7, 11) is -3.91. The van der Waals surface area contributed by atoms with Crippen LogP contribution in [-0.4, -0.2) is 26.4 Å². The minimum Gasteiger partial charge on any atom is -0.486 e. The average Bonchev–Trinajstić information content (AvgIpc) is 2.98. The van der Waals surface area contributed by atoms with Crippen molar-refractivity contribution in [2.24, 2.45) is 0 Å². The van der Waals surface area contributed by atoms with E-state index in [1.54, 1.807) is 32.9 Å². The normalized spacial score (nSPS) is 13.3. The highest BCUT2D eigenvalue weighted by Crippen LogP contribution is 2.57. The van der Waals surface area contributed by atoms with Gasteiger partial charge in [0, 0.05) is 0 Å². The second-order valence-corrected chi connectivity index (χ2v) is 15.3. The van der Waals surface area contributed by atoms with Crippen molar-refractivity contribution < 1.29 is 44.2 Å². The third-order valence-electron chi connectivity index (χ3n) is 8.34. The highest BCUT2D eigenvalue weighted by molar-refractivity contribution is 7.91. The molecule has 6 nitrogen and oxygen atoms in total. The molecular weight excluding hydrogens is 670 g/mol. The zero-order valence-corrected chi connectivity index (χ0v) is 28.6. The van der Waals surface area contributed by atoms with E-state index in [9.17, 15) is 34.8 Å². The topological polar surface area (TPSA) is 105 Å². The molecule has 13 heteroatoms. The van der Waals surface area contributed by atoms with Crippen molar-refractivity contribution in [3.8, 4) is 17.2 Å². The first-order valence-corrected chi connectivity index (χ1v) is 16.7. The van der Waals surface area contributed by atoms with Crippen molar-refractivity contribution in [2.75, 3.05) is 11.5 Å². The minimum atomic E-state index is -5.88. The summed E-state index contributed by atoms with van der Waals surface area (Å²) in [4.78, 5) is 0.0246. The first-order chi connectivity index (χ1) is 22.4. The Morgan fingerprint density at radius 1 is 0.612 bits per heavy atom. The molecule has 0 unspecified atom stereocenters. The Hall–Kier alpha value is -4.39. The van der Waals surface area contributed by atoms with Gasteiger partial charge < -0.3 is 20.9 Å². The maximum absolute atomic E-state index is 14.8. The average molecular weight is 709 g/mol. The van der Waals surface area contributed by atoms with Crippen molar-refractivity contribution in [3.63, 3.8) is 0 Å². The van der Waals surface area contributed by atoms with Gasteiger partial charge in [0.2, 0.25) is 15.3 Å². The standard InChI is InChI=1S/C36H38F6N2O4S/c1-7-33(5,6)22-8-14-26(15-9-22)49(45,46)27-16-12-25(13-17-27)47-30-18-10-23(20-28(30)43)34(35(37,38)39,36(40,41)42)24-11-19-31(29(44)21-24)48-32(2,3)4/h8-21H,7,43-44H2,1-6H3. The molecule has 4 rings (SSSR count). The summed E-state index contributed by atoms with van der Waals surface area (Å²) in [6.45, 7) is 11.1. The molecule has 4 aromatic rings.